The van der Waals surface area contributed by atoms with Crippen LogP contribution in [0.2, 0.25) is 0 Å². The standard InChI is InChI=1S/C13H15N3O4S2/c1-8-5-9(13(17)18)7-16(6-8)22(19,20)11-4-2-3-10-12(11)15-21-14-10/h2-4,8-9H,5-7H2,1H3,(H,17,18). The van der Waals surface area contributed by atoms with Gasteiger partial charge in [-0.3, -0.25) is 4.79 Å². The lowest BCUT2D eigenvalue weighted by atomic mass is 9.92. The van der Waals surface area contributed by atoms with Crippen LogP contribution < -0.4 is 0 Å². The summed E-state index contributed by atoms with van der Waals surface area (Å²) in [6.07, 6.45) is 0.490. The second-order valence-corrected chi connectivity index (χ2v) is 8.02. The number of nitrogens with zero attached hydrogens (tertiary/aromatic N) is 3. The molecule has 3 rings (SSSR count). The predicted molar refractivity (Wildman–Crippen MR) is 81.1 cm³/mol. The van der Waals surface area contributed by atoms with Crippen molar-refractivity contribution < 1.29 is 18.3 Å². The smallest absolute Gasteiger partial charge is 0.307 e. The number of piperidine rings is 1. The maximum Gasteiger partial charge on any atom is 0.307 e. The highest BCUT2D eigenvalue weighted by Gasteiger charge is 2.37. The van der Waals surface area contributed by atoms with E-state index in [4.69, 9.17) is 0 Å². The van der Waals surface area contributed by atoms with E-state index in [1.165, 1.54) is 10.4 Å². The van der Waals surface area contributed by atoms with Crippen molar-refractivity contribution in [2.24, 2.45) is 11.8 Å². The average Bonchev–Trinajstić information content (AvgIpc) is 2.94. The number of hydrogen-bond acceptors (Lipinski definition) is 6. The summed E-state index contributed by atoms with van der Waals surface area (Å²) >= 11 is 0.959. The van der Waals surface area contributed by atoms with Gasteiger partial charge in [-0.15, -0.1) is 0 Å². The first-order valence-corrected chi connectivity index (χ1v) is 9.01. The molecule has 1 aromatic carbocycles. The number of fused-ring (bicyclic) bond motifs is 1. The molecule has 1 aromatic heterocycles. The molecule has 0 spiro atoms. The van der Waals surface area contributed by atoms with Gasteiger partial charge in [0.25, 0.3) is 0 Å². The summed E-state index contributed by atoms with van der Waals surface area (Å²) in [4.78, 5) is 11.3. The SMILES string of the molecule is CC1CC(C(=O)O)CN(S(=O)(=O)c2cccc3nsnc23)C1. The van der Waals surface area contributed by atoms with Crippen LogP contribution in [0, 0.1) is 11.8 Å². The van der Waals surface area contributed by atoms with E-state index >= 15 is 0 Å². The molecule has 0 bridgehead atoms. The van der Waals surface area contributed by atoms with Crippen LogP contribution in [0.4, 0.5) is 0 Å². The fourth-order valence-corrected chi connectivity index (χ4v) is 5.16. The van der Waals surface area contributed by atoms with E-state index < -0.39 is 21.9 Å². The molecule has 7 nitrogen and oxygen atoms in total. The van der Waals surface area contributed by atoms with Crippen LogP contribution in [0.3, 0.4) is 0 Å². The molecule has 1 aliphatic rings. The van der Waals surface area contributed by atoms with Gasteiger partial charge in [-0.05, 0) is 24.5 Å². The minimum Gasteiger partial charge on any atom is -0.481 e. The number of aromatic nitrogens is 2. The van der Waals surface area contributed by atoms with Crippen molar-refractivity contribution in [1.29, 1.82) is 0 Å². The topological polar surface area (TPSA) is 100 Å². The first kappa shape index (κ1) is 15.3. The molecule has 1 aliphatic heterocycles. The highest BCUT2D eigenvalue weighted by atomic mass is 32.2. The van der Waals surface area contributed by atoms with E-state index in [1.54, 1.807) is 12.1 Å². The largest absolute Gasteiger partial charge is 0.481 e. The molecule has 9 heteroatoms. The second kappa shape index (κ2) is 5.56. The number of sulfonamides is 1. The van der Waals surface area contributed by atoms with E-state index in [2.05, 4.69) is 8.75 Å². The number of benzene rings is 1. The molecule has 22 heavy (non-hydrogen) atoms. The molecule has 0 radical (unpaired) electrons. The lowest BCUT2D eigenvalue weighted by molar-refractivity contribution is -0.143. The van der Waals surface area contributed by atoms with E-state index in [0.717, 1.165) is 11.7 Å². The Morgan fingerprint density at radius 3 is 2.86 bits per heavy atom. The van der Waals surface area contributed by atoms with Crippen molar-refractivity contribution in [2.45, 2.75) is 18.2 Å². The first-order chi connectivity index (χ1) is 10.4. The van der Waals surface area contributed by atoms with Gasteiger partial charge in [-0.2, -0.15) is 13.1 Å². The third-order valence-electron chi connectivity index (χ3n) is 3.84. The zero-order chi connectivity index (χ0) is 15.9. The lowest BCUT2D eigenvalue weighted by Gasteiger charge is -2.33. The highest BCUT2D eigenvalue weighted by Crippen LogP contribution is 2.30. The summed E-state index contributed by atoms with van der Waals surface area (Å²) in [6, 6.07) is 4.82. The van der Waals surface area contributed by atoms with Gasteiger partial charge in [0.15, 0.2) is 0 Å². The maximum absolute atomic E-state index is 12.9. The molecule has 2 heterocycles. The third kappa shape index (κ3) is 2.59. The van der Waals surface area contributed by atoms with Crippen LogP contribution in [-0.4, -0.2) is 45.6 Å². The van der Waals surface area contributed by atoms with Crippen LogP contribution in [0.1, 0.15) is 13.3 Å². The van der Waals surface area contributed by atoms with E-state index in [0.29, 0.717) is 24.0 Å². The fourth-order valence-electron chi connectivity index (χ4n) is 2.81. The van der Waals surface area contributed by atoms with Gasteiger partial charge >= 0.3 is 5.97 Å². The third-order valence-corrected chi connectivity index (χ3v) is 6.25. The Morgan fingerprint density at radius 2 is 2.14 bits per heavy atom. The Hall–Kier alpha value is -1.58. The van der Waals surface area contributed by atoms with Crippen molar-refractivity contribution in [3.05, 3.63) is 18.2 Å². The Bertz CT molecular complexity index is 818. The van der Waals surface area contributed by atoms with Crippen LogP contribution in [0.25, 0.3) is 11.0 Å². The van der Waals surface area contributed by atoms with Crippen molar-refractivity contribution >= 4 is 38.8 Å². The summed E-state index contributed by atoms with van der Waals surface area (Å²) in [7, 11) is -3.78. The number of hydrogen-bond donors (Lipinski definition) is 1. The van der Waals surface area contributed by atoms with Gasteiger partial charge in [0.05, 0.1) is 17.6 Å². The molecule has 2 aromatic rings. The average molecular weight is 341 g/mol. The minimum atomic E-state index is -3.78. The number of carboxylic acid groups (broad SMARTS) is 1. The number of carboxylic acids is 1. The van der Waals surface area contributed by atoms with Gasteiger partial charge in [-0.1, -0.05) is 13.0 Å². The van der Waals surface area contributed by atoms with Gasteiger partial charge in [0, 0.05) is 13.1 Å². The zero-order valence-corrected chi connectivity index (χ0v) is 13.5. The van der Waals surface area contributed by atoms with E-state index in [9.17, 15) is 18.3 Å². The molecule has 0 aliphatic carbocycles. The Kier molecular flexibility index (Phi) is 3.87. The molecule has 2 atom stereocenters. The van der Waals surface area contributed by atoms with Gasteiger partial charge in [0.2, 0.25) is 10.0 Å². The van der Waals surface area contributed by atoms with Gasteiger partial charge < -0.3 is 5.11 Å². The highest BCUT2D eigenvalue weighted by molar-refractivity contribution is 7.89. The second-order valence-electron chi connectivity index (χ2n) is 5.59. The molecular formula is C13H15N3O4S2. The number of rotatable bonds is 3. The van der Waals surface area contributed by atoms with Crippen molar-refractivity contribution in [2.75, 3.05) is 13.1 Å². The van der Waals surface area contributed by atoms with Crippen molar-refractivity contribution in [3.8, 4) is 0 Å². The summed E-state index contributed by atoms with van der Waals surface area (Å²) in [5, 5.41) is 9.21. The first-order valence-electron chi connectivity index (χ1n) is 6.84. The molecular weight excluding hydrogens is 326 g/mol. The molecule has 1 saturated heterocycles. The van der Waals surface area contributed by atoms with E-state index in [-0.39, 0.29) is 17.4 Å². The summed E-state index contributed by atoms with van der Waals surface area (Å²) < 4.78 is 35.1. The Labute approximate surface area is 132 Å². The summed E-state index contributed by atoms with van der Waals surface area (Å²) in [5.41, 5.74) is 0.878. The fraction of sp³-hybridized carbons (Fsp3) is 0.462. The maximum atomic E-state index is 12.9. The van der Waals surface area contributed by atoms with Gasteiger partial charge in [0.1, 0.15) is 15.9 Å². The summed E-state index contributed by atoms with van der Waals surface area (Å²) in [6.45, 7) is 2.18. The Morgan fingerprint density at radius 1 is 1.36 bits per heavy atom. The van der Waals surface area contributed by atoms with Crippen LogP contribution >= 0.6 is 11.7 Å². The number of carbonyl (C=O) groups is 1. The number of aliphatic carboxylic acids is 1. The minimum absolute atomic E-state index is 0.00242. The van der Waals surface area contributed by atoms with Crippen molar-refractivity contribution in [3.63, 3.8) is 0 Å². The van der Waals surface area contributed by atoms with Crippen LogP contribution in [-0.2, 0) is 14.8 Å². The Balaban J connectivity index is 2.02. The van der Waals surface area contributed by atoms with Gasteiger partial charge in [-0.25, -0.2) is 8.42 Å². The molecule has 1 N–H and O–H groups in total. The zero-order valence-electron chi connectivity index (χ0n) is 11.8. The quantitative estimate of drug-likeness (QED) is 0.906. The summed E-state index contributed by atoms with van der Waals surface area (Å²) in [5.74, 6) is -1.64. The lowest BCUT2D eigenvalue weighted by Crippen LogP contribution is -2.45. The monoisotopic (exact) mass is 341 g/mol. The molecule has 118 valence electrons. The molecule has 0 amide bonds. The van der Waals surface area contributed by atoms with Crippen LogP contribution in [0.5, 0.6) is 0 Å². The van der Waals surface area contributed by atoms with E-state index in [1.807, 2.05) is 6.92 Å². The molecule has 2 unspecified atom stereocenters. The molecule has 1 fully saturated rings. The molecule has 0 saturated carbocycles. The van der Waals surface area contributed by atoms with Crippen LogP contribution in [0.15, 0.2) is 23.1 Å². The van der Waals surface area contributed by atoms with Crippen molar-refractivity contribution in [1.82, 2.24) is 13.1 Å². The predicted octanol–water partition coefficient (Wildman–Crippen LogP) is 1.42. The normalized spacial score (nSPS) is 23.7.